The molecule has 4 heteroatoms. The molecule has 0 spiro atoms. The Hall–Kier alpha value is -1.39. The van der Waals surface area contributed by atoms with Gasteiger partial charge in [-0.15, -0.1) is 0 Å². The fourth-order valence-corrected chi connectivity index (χ4v) is 3.33. The van der Waals surface area contributed by atoms with Gasteiger partial charge >= 0.3 is 0 Å². The number of nitrogens with one attached hydrogen (secondary N) is 1. The van der Waals surface area contributed by atoms with Gasteiger partial charge in [0, 0.05) is 24.1 Å². The van der Waals surface area contributed by atoms with E-state index in [0.717, 1.165) is 31.4 Å². The highest BCUT2D eigenvalue weighted by molar-refractivity contribution is 5.94. The van der Waals surface area contributed by atoms with Crippen molar-refractivity contribution in [2.75, 3.05) is 6.61 Å². The maximum absolute atomic E-state index is 12.4. The van der Waals surface area contributed by atoms with Crippen LogP contribution in [-0.4, -0.2) is 35.4 Å². The van der Waals surface area contributed by atoms with Crippen LogP contribution in [0, 0.1) is 5.92 Å². The average molecular weight is 303 g/mol. The highest BCUT2D eigenvalue weighted by atomic mass is 16.5. The normalized spacial score (nSPS) is 27.1. The summed E-state index contributed by atoms with van der Waals surface area (Å²) in [5, 5.41) is 12.9. The summed E-state index contributed by atoms with van der Waals surface area (Å²) in [7, 11) is 0. The Bertz CT molecular complexity index is 550. The first-order valence-electron chi connectivity index (χ1n) is 8.16. The molecule has 1 saturated carbocycles. The summed E-state index contributed by atoms with van der Waals surface area (Å²) in [4.78, 5) is 12.4. The lowest BCUT2D eigenvalue weighted by Crippen LogP contribution is -2.53. The SMILES string of the molecule is CC(C)(O)CCc1cccc(C(=O)N[C@@H]2C[C@H]3OCC[C@@H]23)c1. The molecule has 1 heterocycles. The first kappa shape index (κ1) is 15.5. The van der Waals surface area contributed by atoms with E-state index in [1.54, 1.807) is 13.8 Å². The van der Waals surface area contributed by atoms with Gasteiger partial charge in [-0.2, -0.15) is 0 Å². The van der Waals surface area contributed by atoms with E-state index in [9.17, 15) is 9.90 Å². The van der Waals surface area contributed by atoms with Crippen molar-refractivity contribution >= 4 is 5.91 Å². The molecule has 120 valence electrons. The third-order valence-electron chi connectivity index (χ3n) is 4.79. The number of carbonyl (C=O) groups excluding carboxylic acids is 1. The molecular weight excluding hydrogens is 278 g/mol. The fraction of sp³-hybridized carbons (Fsp3) is 0.611. The number of amides is 1. The monoisotopic (exact) mass is 303 g/mol. The van der Waals surface area contributed by atoms with Crippen LogP contribution in [0.4, 0.5) is 0 Å². The molecule has 4 nitrogen and oxygen atoms in total. The smallest absolute Gasteiger partial charge is 0.251 e. The van der Waals surface area contributed by atoms with E-state index in [1.165, 1.54) is 0 Å². The second-order valence-corrected chi connectivity index (χ2v) is 7.19. The Kier molecular flexibility index (Phi) is 4.24. The van der Waals surface area contributed by atoms with Crippen LogP contribution < -0.4 is 5.32 Å². The third kappa shape index (κ3) is 3.50. The Morgan fingerprint density at radius 2 is 2.27 bits per heavy atom. The summed E-state index contributed by atoms with van der Waals surface area (Å²) in [5.74, 6) is 0.503. The van der Waals surface area contributed by atoms with Gasteiger partial charge in [0.1, 0.15) is 0 Å². The van der Waals surface area contributed by atoms with Crippen molar-refractivity contribution in [3.8, 4) is 0 Å². The zero-order valence-corrected chi connectivity index (χ0v) is 13.3. The van der Waals surface area contributed by atoms with Gasteiger partial charge < -0.3 is 15.2 Å². The number of aliphatic hydroxyl groups is 1. The molecule has 0 aromatic heterocycles. The Balaban J connectivity index is 1.58. The molecule has 0 unspecified atom stereocenters. The van der Waals surface area contributed by atoms with E-state index in [1.807, 2.05) is 24.3 Å². The van der Waals surface area contributed by atoms with Crippen molar-refractivity contribution in [2.24, 2.45) is 5.92 Å². The van der Waals surface area contributed by atoms with Gasteiger partial charge in [0.15, 0.2) is 0 Å². The van der Waals surface area contributed by atoms with E-state index in [2.05, 4.69) is 5.32 Å². The molecule has 2 fully saturated rings. The van der Waals surface area contributed by atoms with Crippen LogP contribution >= 0.6 is 0 Å². The minimum Gasteiger partial charge on any atom is -0.390 e. The van der Waals surface area contributed by atoms with Crippen LogP contribution in [-0.2, 0) is 11.2 Å². The minimum absolute atomic E-state index is 0.000425. The van der Waals surface area contributed by atoms with E-state index in [4.69, 9.17) is 4.74 Å². The molecule has 1 aromatic carbocycles. The molecule has 1 saturated heterocycles. The lowest BCUT2D eigenvalue weighted by atomic mass is 9.76. The van der Waals surface area contributed by atoms with E-state index < -0.39 is 5.60 Å². The molecule has 1 aliphatic heterocycles. The van der Waals surface area contributed by atoms with Crippen molar-refractivity contribution in [2.45, 2.75) is 57.3 Å². The number of fused-ring (bicyclic) bond motifs is 1. The van der Waals surface area contributed by atoms with Crippen LogP contribution in [0.15, 0.2) is 24.3 Å². The molecule has 0 radical (unpaired) electrons. The van der Waals surface area contributed by atoms with Crippen molar-refractivity contribution < 1.29 is 14.6 Å². The predicted molar refractivity (Wildman–Crippen MR) is 84.8 cm³/mol. The number of benzene rings is 1. The molecule has 0 bridgehead atoms. The molecular formula is C18H25NO3. The third-order valence-corrected chi connectivity index (χ3v) is 4.79. The minimum atomic E-state index is -0.679. The fourth-order valence-electron chi connectivity index (χ4n) is 3.33. The molecule has 1 amide bonds. The van der Waals surface area contributed by atoms with Crippen LogP contribution in [0.3, 0.4) is 0 Å². The van der Waals surface area contributed by atoms with Gasteiger partial charge in [0.05, 0.1) is 11.7 Å². The summed E-state index contributed by atoms with van der Waals surface area (Å²) >= 11 is 0. The van der Waals surface area contributed by atoms with Crippen LogP contribution in [0.1, 0.15) is 49.0 Å². The van der Waals surface area contributed by atoms with Crippen molar-refractivity contribution in [1.29, 1.82) is 0 Å². The number of aryl methyl sites for hydroxylation is 1. The lowest BCUT2D eigenvalue weighted by Gasteiger charge is -2.39. The number of ether oxygens (including phenoxy) is 1. The number of hydrogen-bond donors (Lipinski definition) is 2. The largest absolute Gasteiger partial charge is 0.390 e. The molecule has 3 atom stereocenters. The van der Waals surface area contributed by atoms with E-state index in [-0.39, 0.29) is 11.9 Å². The number of hydrogen-bond acceptors (Lipinski definition) is 3. The molecule has 2 aliphatic rings. The quantitative estimate of drug-likeness (QED) is 0.877. The standard InChI is InChI=1S/C18H25NO3/c1-18(2,21)8-6-12-4-3-5-13(10-12)17(20)19-15-11-16-14(15)7-9-22-16/h3-5,10,14-16,21H,6-9,11H2,1-2H3,(H,19,20)/t14-,15+,16+/m0/s1. The highest BCUT2D eigenvalue weighted by Gasteiger charge is 2.45. The second-order valence-electron chi connectivity index (χ2n) is 7.19. The molecule has 3 rings (SSSR count). The van der Waals surface area contributed by atoms with Crippen LogP contribution in [0.2, 0.25) is 0 Å². The first-order chi connectivity index (χ1) is 10.4. The Morgan fingerprint density at radius 1 is 1.45 bits per heavy atom. The first-order valence-corrected chi connectivity index (χ1v) is 8.16. The van der Waals surface area contributed by atoms with Crippen molar-refractivity contribution in [1.82, 2.24) is 5.32 Å². The Morgan fingerprint density at radius 3 is 3.00 bits per heavy atom. The summed E-state index contributed by atoms with van der Waals surface area (Å²) < 4.78 is 5.58. The zero-order valence-electron chi connectivity index (χ0n) is 13.3. The van der Waals surface area contributed by atoms with E-state index in [0.29, 0.717) is 24.0 Å². The van der Waals surface area contributed by atoms with Gasteiger partial charge in [-0.05, 0) is 57.2 Å². The topological polar surface area (TPSA) is 58.6 Å². The van der Waals surface area contributed by atoms with Gasteiger partial charge in [-0.25, -0.2) is 0 Å². The van der Waals surface area contributed by atoms with Crippen molar-refractivity contribution in [3.05, 3.63) is 35.4 Å². The maximum atomic E-state index is 12.4. The summed E-state index contributed by atoms with van der Waals surface area (Å²) in [6.45, 7) is 4.44. The lowest BCUT2D eigenvalue weighted by molar-refractivity contribution is 0.00809. The average Bonchev–Trinajstić information content (AvgIpc) is 2.83. The van der Waals surface area contributed by atoms with Crippen molar-refractivity contribution in [3.63, 3.8) is 0 Å². The van der Waals surface area contributed by atoms with Gasteiger partial charge in [-0.3, -0.25) is 4.79 Å². The summed E-state index contributed by atoms with van der Waals surface area (Å²) in [5.41, 5.74) is 1.11. The zero-order chi connectivity index (χ0) is 15.7. The highest BCUT2D eigenvalue weighted by Crippen LogP contribution is 2.38. The van der Waals surface area contributed by atoms with Gasteiger partial charge in [0.2, 0.25) is 0 Å². The van der Waals surface area contributed by atoms with Crippen LogP contribution in [0.5, 0.6) is 0 Å². The summed E-state index contributed by atoms with van der Waals surface area (Å²) in [6, 6.07) is 7.97. The number of rotatable bonds is 5. The Labute approximate surface area is 131 Å². The summed E-state index contributed by atoms with van der Waals surface area (Å²) in [6.07, 6.45) is 3.81. The molecule has 1 aliphatic carbocycles. The number of carbonyl (C=O) groups is 1. The van der Waals surface area contributed by atoms with Crippen LogP contribution in [0.25, 0.3) is 0 Å². The van der Waals surface area contributed by atoms with Gasteiger partial charge in [-0.1, -0.05) is 12.1 Å². The second kappa shape index (κ2) is 6.01. The molecule has 1 aromatic rings. The molecule has 2 N–H and O–H groups in total. The van der Waals surface area contributed by atoms with Gasteiger partial charge in [0.25, 0.3) is 5.91 Å². The maximum Gasteiger partial charge on any atom is 0.251 e. The predicted octanol–water partition coefficient (Wildman–Crippen LogP) is 2.30. The van der Waals surface area contributed by atoms with E-state index >= 15 is 0 Å². The molecule has 22 heavy (non-hydrogen) atoms.